The van der Waals surface area contributed by atoms with Crippen molar-refractivity contribution in [1.82, 2.24) is 25.1 Å². The van der Waals surface area contributed by atoms with Crippen molar-refractivity contribution in [3.05, 3.63) is 30.0 Å². The third kappa shape index (κ3) is 3.38. The predicted octanol–water partition coefficient (Wildman–Crippen LogP) is 0.359. The Morgan fingerprint density at radius 1 is 1.44 bits per heavy atom. The van der Waals surface area contributed by atoms with Crippen molar-refractivity contribution in [3.8, 4) is 0 Å². The van der Waals surface area contributed by atoms with Crippen LogP contribution in [0.4, 0.5) is 0 Å². The van der Waals surface area contributed by atoms with Gasteiger partial charge < -0.3 is 19.0 Å². The Morgan fingerprint density at radius 2 is 2.33 bits per heavy atom. The molecule has 0 atom stereocenters. The van der Waals surface area contributed by atoms with Gasteiger partial charge in [-0.25, -0.2) is 4.98 Å². The average molecular weight is 251 g/mol. The van der Waals surface area contributed by atoms with Crippen molar-refractivity contribution in [3.63, 3.8) is 0 Å². The summed E-state index contributed by atoms with van der Waals surface area (Å²) in [5, 5.41) is 11.0. The average Bonchev–Trinajstić information content (AvgIpc) is 2.95. The normalized spacial score (nSPS) is 11.0. The number of hydrogen-bond donors (Lipinski definition) is 1. The summed E-state index contributed by atoms with van der Waals surface area (Å²) in [6, 6.07) is 0. The molecule has 2 aromatic rings. The Kier molecular flexibility index (Phi) is 4.43. The molecule has 7 heteroatoms. The molecule has 2 heterocycles. The molecule has 7 nitrogen and oxygen atoms in total. The van der Waals surface area contributed by atoms with E-state index in [4.69, 9.17) is 9.15 Å². The maximum absolute atomic E-state index is 5.34. The molecule has 0 aliphatic heterocycles. The van der Waals surface area contributed by atoms with E-state index in [1.54, 1.807) is 20.2 Å². The first kappa shape index (κ1) is 12.7. The minimum atomic E-state index is 0.544. The molecular weight excluding hydrogens is 234 g/mol. The molecule has 18 heavy (non-hydrogen) atoms. The smallest absolute Gasteiger partial charge is 0.236 e. The number of aromatic nitrogens is 4. The van der Waals surface area contributed by atoms with E-state index in [0.717, 1.165) is 12.4 Å². The lowest BCUT2D eigenvalue weighted by Gasteiger charge is -2.06. The lowest BCUT2D eigenvalue weighted by Crippen LogP contribution is -2.21. The van der Waals surface area contributed by atoms with E-state index >= 15 is 0 Å². The molecule has 0 bridgehead atoms. The summed E-state index contributed by atoms with van der Waals surface area (Å²) in [7, 11) is 1.68. The number of methoxy groups -OCH3 is 1. The molecule has 2 aromatic heterocycles. The highest BCUT2D eigenvalue weighted by Crippen LogP contribution is 2.04. The summed E-state index contributed by atoms with van der Waals surface area (Å²) in [6.07, 6.45) is 3.66. The van der Waals surface area contributed by atoms with Crippen molar-refractivity contribution in [2.24, 2.45) is 0 Å². The summed E-state index contributed by atoms with van der Waals surface area (Å²) in [5.41, 5.74) is 0. The van der Waals surface area contributed by atoms with Crippen LogP contribution >= 0.6 is 0 Å². The van der Waals surface area contributed by atoms with Crippen molar-refractivity contribution < 1.29 is 9.15 Å². The molecular formula is C11H17N5O2. The van der Waals surface area contributed by atoms with Gasteiger partial charge in [-0.15, -0.1) is 10.2 Å². The Morgan fingerprint density at radius 3 is 3.06 bits per heavy atom. The zero-order chi connectivity index (χ0) is 12.8. The van der Waals surface area contributed by atoms with Gasteiger partial charge in [-0.3, -0.25) is 0 Å². The minimum absolute atomic E-state index is 0.544. The third-order valence-electron chi connectivity index (χ3n) is 2.44. The Bertz CT molecular complexity index is 479. The molecule has 0 spiro atoms. The topological polar surface area (TPSA) is 78.0 Å². The van der Waals surface area contributed by atoms with Crippen LogP contribution in [0, 0.1) is 6.92 Å². The predicted molar refractivity (Wildman–Crippen MR) is 63.9 cm³/mol. The van der Waals surface area contributed by atoms with Crippen LogP contribution in [0.2, 0.25) is 0 Å². The molecule has 0 radical (unpaired) electrons. The van der Waals surface area contributed by atoms with Crippen LogP contribution < -0.4 is 5.32 Å². The molecule has 0 saturated carbocycles. The molecule has 98 valence electrons. The second kappa shape index (κ2) is 6.27. The van der Waals surface area contributed by atoms with Gasteiger partial charge in [0.15, 0.2) is 0 Å². The lowest BCUT2D eigenvalue weighted by atomic mass is 10.5. The molecule has 1 N–H and O–H groups in total. The Hall–Kier alpha value is -1.73. The van der Waals surface area contributed by atoms with Crippen LogP contribution in [0.1, 0.15) is 17.6 Å². The molecule has 0 aliphatic carbocycles. The fourth-order valence-electron chi connectivity index (χ4n) is 1.57. The number of ether oxygens (including phenoxy) is 1. The van der Waals surface area contributed by atoms with Gasteiger partial charge in [0.05, 0.1) is 13.2 Å². The number of rotatable bonds is 7. The van der Waals surface area contributed by atoms with Crippen molar-refractivity contribution in [2.45, 2.75) is 20.0 Å². The first-order valence-corrected chi connectivity index (χ1v) is 5.78. The molecule has 0 amide bonds. The molecule has 0 unspecified atom stereocenters. The largest absolute Gasteiger partial charge is 0.424 e. The van der Waals surface area contributed by atoms with Gasteiger partial charge in [-0.05, 0) is 0 Å². The molecule has 0 fully saturated rings. The first-order valence-electron chi connectivity index (χ1n) is 5.78. The van der Waals surface area contributed by atoms with E-state index in [-0.39, 0.29) is 0 Å². The van der Waals surface area contributed by atoms with Crippen molar-refractivity contribution in [1.29, 1.82) is 0 Å². The SMILES string of the molecule is COCCNCc1nccn1Cc1nnc(C)o1. The lowest BCUT2D eigenvalue weighted by molar-refractivity contribution is 0.199. The van der Waals surface area contributed by atoms with Crippen molar-refractivity contribution >= 4 is 0 Å². The van der Waals surface area contributed by atoms with Crippen LogP contribution in [0.5, 0.6) is 0 Å². The van der Waals surface area contributed by atoms with Crippen LogP contribution in [0.25, 0.3) is 0 Å². The van der Waals surface area contributed by atoms with Crippen LogP contribution in [-0.2, 0) is 17.8 Å². The maximum Gasteiger partial charge on any atom is 0.236 e. The second-order valence-corrected chi connectivity index (χ2v) is 3.86. The summed E-state index contributed by atoms with van der Waals surface area (Å²) in [6.45, 7) is 4.48. The first-order chi connectivity index (χ1) is 8.79. The highest BCUT2D eigenvalue weighted by atomic mass is 16.5. The van der Waals surface area contributed by atoms with Gasteiger partial charge in [0, 0.05) is 33.0 Å². The minimum Gasteiger partial charge on any atom is -0.424 e. The summed E-state index contributed by atoms with van der Waals surface area (Å²) < 4.78 is 12.3. The van der Waals surface area contributed by atoms with Gasteiger partial charge in [-0.2, -0.15) is 0 Å². The Labute approximate surface area is 105 Å². The van der Waals surface area contributed by atoms with Crippen LogP contribution in [-0.4, -0.2) is 40.0 Å². The van der Waals surface area contributed by atoms with E-state index in [1.807, 2.05) is 10.8 Å². The number of hydrogen-bond acceptors (Lipinski definition) is 6. The number of nitrogens with zero attached hydrogens (tertiary/aromatic N) is 4. The zero-order valence-corrected chi connectivity index (χ0v) is 10.6. The van der Waals surface area contributed by atoms with Gasteiger partial charge in [0.25, 0.3) is 0 Å². The molecule has 0 saturated heterocycles. The fourth-order valence-corrected chi connectivity index (χ4v) is 1.57. The summed E-state index contributed by atoms with van der Waals surface area (Å²) in [5.74, 6) is 2.09. The van der Waals surface area contributed by atoms with E-state index in [1.165, 1.54) is 0 Å². The van der Waals surface area contributed by atoms with E-state index in [0.29, 0.717) is 31.5 Å². The zero-order valence-electron chi connectivity index (χ0n) is 10.6. The van der Waals surface area contributed by atoms with E-state index < -0.39 is 0 Å². The van der Waals surface area contributed by atoms with Gasteiger partial charge >= 0.3 is 0 Å². The number of aryl methyl sites for hydroxylation is 1. The molecule has 2 rings (SSSR count). The Balaban J connectivity index is 1.91. The van der Waals surface area contributed by atoms with Crippen molar-refractivity contribution in [2.75, 3.05) is 20.3 Å². The van der Waals surface area contributed by atoms with Gasteiger partial charge in [0.1, 0.15) is 12.4 Å². The standard InChI is InChI=1S/C11H17N5O2/c1-9-14-15-11(18-9)8-16-5-3-13-10(16)7-12-4-6-17-2/h3,5,12H,4,6-8H2,1-2H3. The quantitative estimate of drug-likeness (QED) is 0.716. The van der Waals surface area contributed by atoms with Gasteiger partial charge in [0.2, 0.25) is 11.8 Å². The highest BCUT2D eigenvalue weighted by Gasteiger charge is 2.07. The number of imidazole rings is 1. The fraction of sp³-hybridized carbons (Fsp3) is 0.545. The van der Waals surface area contributed by atoms with Crippen LogP contribution in [0.3, 0.4) is 0 Å². The second-order valence-electron chi connectivity index (χ2n) is 3.86. The van der Waals surface area contributed by atoms with E-state index in [2.05, 4.69) is 20.5 Å². The molecule has 0 aromatic carbocycles. The number of nitrogens with one attached hydrogen (secondary N) is 1. The summed E-state index contributed by atoms with van der Waals surface area (Å²) >= 11 is 0. The monoisotopic (exact) mass is 251 g/mol. The van der Waals surface area contributed by atoms with E-state index in [9.17, 15) is 0 Å². The summed E-state index contributed by atoms with van der Waals surface area (Å²) in [4.78, 5) is 4.29. The highest BCUT2D eigenvalue weighted by molar-refractivity contribution is 4.95. The maximum atomic E-state index is 5.34. The molecule has 0 aliphatic rings. The third-order valence-corrected chi connectivity index (χ3v) is 2.44. The van der Waals surface area contributed by atoms with Crippen LogP contribution in [0.15, 0.2) is 16.8 Å². The van der Waals surface area contributed by atoms with Gasteiger partial charge in [-0.1, -0.05) is 0 Å².